The van der Waals surface area contributed by atoms with Crippen molar-refractivity contribution in [2.75, 3.05) is 34.3 Å². The standard InChI is InChI=1S/C16H25N3O2/c1-19(2)15(12-6-4-7-13(10-12)21-3)11-18-16(20)14-8-5-9-17-14/h4,6-7,10,14-15,17H,5,8-9,11H2,1-3H3,(H,18,20)/t14-,15?/m1/s1. The summed E-state index contributed by atoms with van der Waals surface area (Å²) in [5.41, 5.74) is 1.14. The van der Waals surface area contributed by atoms with Crippen LogP contribution in [0.25, 0.3) is 0 Å². The zero-order valence-corrected chi connectivity index (χ0v) is 13.1. The van der Waals surface area contributed by atoms with E-state index in [0.29, 0.717) is 6.54 Å². The Morgan fingerprint density at radius 2 is 2.33 bits per heavy atom. The Hall–Kier alpha value is -1.59. The fourth-order valence-electron chi connectivity index (χ4n) is 2.68. The van der Waals surface area contributed by atoms with Crippen molar-refractivity contribution in [1.82, 2.24) is 15.5 Å². The minimum absolute atomic E-state index is 0.0295. The Bertz CT molecular complexity index is 470. The molecule has 116 valence electrons. The summed E-state index contributed by atoms with van der Waals surface area (Å²) in [6, 6.07) is 8.09. The number of nitrogens with zero attached hydrogens (tertiary/aromatic N) is 1. The van der Waals surface area contributed by atoms with Gasteiger partial charge in [0, 0.05) is 6.54 Å². The molecule has 1 fully saturated rings. The molecule has 1 unspecified atom stereocenters. The third kappa shape index (κ3) is 4.19. The number of rotatable bonds is 6. The molecule has 0 spiro atoms. The lowest BCUT2D eigenvalue weighted by molar-refractivity contribution is -0.123. The summed E-state index contributed by atoms with van der Waals surface area (Å²) in [6.45, 7) is 1.53. The van der Waals surface area contributed by atoms with E-state index in [2.05, 4.69) is 21.6 Å². The number of benzene rings is 1. The molecule has 1 aliphatic rings. The van der Waals surface area contributed by atoms with Gasteiger partial charge in [0.05, 0.1) is 19.2 Å². The van der Waals surface area contributed by atoms with E-state index >= 15 is 0 Å². The van der Waals surface area contributed by atoms with Crippen molar-refractivity contribution in [3.8, 4) is 5.75 Å². The largest absolute Gasteiger partial charge is 0.497 e. The lowest BCUT2D eigenvalue weighted by atomic mass is 10.1. The molecule has 2 atom stereocenters. The van der Waals surface area contributed by atoms with Crippen molar-refractivity contribution in [3.05, 3.63) is 29.8 Å². The highest BCUT2D eigenvalue weighted by Gasteiger charge is 2.23. The Kier molecular flexibility index (Phi) is 5.59. The molecule has 2 rings (SSSR count). The van der Waals surface area contributed by atoms with E-state index in [9.17, 15) is 4.79 Å². The third-order valence-electron chi connectivity index (χ3n) is 3.95. The summed E-state index contributed by atoms with van der Waals surface area (Å²) in [6.07, 6.45) is 2.00. The van der Waals surface area contributed by atoms with E-state index in [1.54, 1.807) is 7.11 Å². The third-order valence-corrected chi connectivity index (χ3v) is 3.95. The second kappa shape index (κ2) is 7.43. The highest BCUT2D eigenvalue weighted by atomic mass is 16.5. The number of hydrogen-bond donors (Lipinski definition) is 2. The van der Waals surface area contributed by atoms with Gasteiger partial charge in [-0.05, 0) is 51.2 Å². The molecule has 1 aromatic carbocycles. The van der Waals surface area contributed by atoms with Crippen LogP contribution in [0.1, 0.15) is 24.4 Å². The maximum absolute atomic E-state index is 12.1. The number of hydrogen-bond acceptors (Lipinski definition) is 4. The van der Waals surface area contributed by atoms with Crippen LogP contribution in [0.4, 0.5) is 0 Å². The van der Waals surface area contributed by atoms with Crippen LogP contribution in [0.2, 0.25) is 0 Å². The SMILES string of the molecule is COc1cccc(C(CNC(=O)[C@H]2CCCN2)N(C)C)c1. The summed E-state index contributed by atoms with van der Waals surface area (Å²) < 4.78 is 5.28. The van der Waals surface area contributed by atoms with Crippen LogP contribution in [0.3, 0.4) is 0 Å². The number of likely N-dealkylation sites (N-methyl/N-ethyl adjacent to an activating group) is 1. The molecule has 1 aromatic rings. The van der Waals surface area contributed by atoms with Gasteiger partial charge in [-0.1, -0.05) is 12.1 Å². The summed E-state index contributed by atoms with van der Waals surface area (Å²) in [5, 5.41) is 6.28. The molecule has 1 heterocycles. The Balaban J connectivity index is 1.99. The highest BCUT2D eigenvalue weighted by Crippen LogP contribution is 2.22. The quantitative estimate of drug-likeness (QED) is 0.826. The van der Waals surface area contributed by atoms with Crippen LogP contribution in [0.15, 0.2) is 24.3 Å². The lowest BCUT2D eigenvalue weighted by Crippen LogP contribution is -2.43. The minimum atomic E-state index is -0.0295. The second-order valence-corrected chi connectivity index (χ2v) is 5.65. The molecule has 1 aliphatic heterocycles. The molecule has 1 saturated heterocycles. The first-order valence-electron chi connectivity index (χ1n) is 7.43. The van der Waals surface area contributed by atoms with Gasteiger partial charge in [-0.15, -0.1) is 0 Å². The molecule has 21 heavy (non-hydrogen) atoms. The molecule has 0 saturated carbocycles. The molecule has 5 heteroatoms. The molecule has 0 aromatic heterocycles. The van der Waals surface area contributed by atoms with E-state index in [0.717, 1.165) is 30.7 Å². The molecule has 5 nitrogen and oxygen atoms in total. The molecular formula is C16H25N3O2. The van der Waals surface area contributed by atoms with E-state index in [-0.39, 0.29) is 18.0 Å². The van der Waals surface area contributed by atoms with Crippen molar-refractivity contribution in [3.63, 3.8) is 0 Å². The summed E-state index contributed by atoms with van der Waals surface area (Å²) in [5.74, 6) is 0.936. The average molecular weight is 291 g/mol. The summed E-state index contributed by atoms with van der Waals surface area (Å²) in [7, 11) is 5.70. The number of amides is 1. The van der Waals surface area contributed by atoms with Crippen LogP contribution in [-0.2, 0) is 4.79 Å². The van der Waals surface area contributed by atoms with Gasteiger partial charge in [0.2, 0.25) is 5.91 Å². The maximum atomic E-state index is 12.1. The van der Waals surface area contributed by atoms with Gasteiger partial charge in [-0.2, -0.15) is 0 Å². The minimum Gasteiger partial charge on any atom is -0.497 e. The zero-order chi connectivity index (χ0) is 15.2. The van der Waals surface area contributed by atoms with Gasteiger partial charge < -0.3 is 20.3 Å². The number of methoxy groups -OCH3 is 1. The Labute approximate surface area is 126 Å². The summed E-state index contributed by atoms with van der Waals surface area (Å²) in [4.78, 5) is 14.2. The van der Waals surface area contributed by atoms with Crippen LogP contribution in [0, 0.1) is 0 Å². The number of carbonyl (C=O) groups excluding carboxylic acids is 1. The molecule has 0 aliphatic carbocycles. The number of ether oxygens (including phenoxy) is 1. The van der Waals surface area contributed by atoms with Gasteiger partial charge in [0.15, 0.2) is 0 Å². The van der Waals surface area contributed by atoms with Crippen molar-refractivity contribution >= 4 is 5.91 Å². The zero-order valence-electron chi connectivity index (χ0n) is 13.1. The van der Waals surface area contributed by atoms with E-state index < -0.39 is 0 Å². The molecule has 0 bridgehead atoms. The second-order valence-electron chi connectivity index (χ2n) is 5.65. The fraction of sp³-hybridized carbons (Fsp3) is 0.562. The predicted molar refractivity (Wildman–Crippen MR) is 83.5 cm³/mol. The topological polar surface area (TPSA) is 53.6 Å². The monoisotopic (exact) mass is 291 g/mol. The molecule has 1 amide bonds. The van der Waals surface area contributed by atoms with Crippen molar-refractivity contribution in [2.24, 2.45) is 0 Å². The van der Waals surface area contributed by atoms with Crippen LogP contribution < -0.4 is 15.4 Å². The van der Waals surface area contributed by atoms with Crippen molar-refractivity contribution in [1.29, 1.82) is 0 Å². The Morgan fingerprint density at radius 1 is 1.52 bits per heavy atom. The summed E-state index contributed by atoms with van der Waals surface area (Å²) >= 11 is 0. The number of carbonyl (C=O) groups is 1. The van der Waals surface area contributed by atoms with Crippen molar-refractivity contribution < 1.29 is 9.53 Å². The lowest BCUT2D eigenvalue weighted by Gasteiger charge is -2.26. The smallest absolute Gasteiger partial charge is 0.237 e. The van der Waals surface area contributed by atoms with E-state index in [1.807, 2.05) is 32.3 Å². The first kappa shape index (κ1) is 15.8. The normalized spacial score (nSPS) is 19.5. The fourth-order valence-corrected chi connectivity index (χ4v) is 2.68. The predicted octanol–water partition coefficient (Wildman–Crippen LogP) is 1.17. The van der Waals surface area contributed by atoms with Gasteiger partial charge >= 0.3 is 0 Å². The van der Waals surface area contributed by atoms with Crippen LogP contribution in [0.5, 0.6) is 5.75 Å². The highest BCUT2D eigenvalue weighted by molar-refractivity contribution is 5.82. The van der Waals surface area contributed by atoms with E-state index in [4.69, 9.17) is 4.74 Å². The van der Waals surface area contributed by atoms with Crippen LogP contribution >= 0.6 is 0 Å². The average Bonchev–Trinajstić information content (AvgIpc) is 3.01. The first-order chi connectivity index (χ1) is 10.1. The van der Waals surface area contributed by atoms with Crippen LogP contribution in [-0.4, -0.2) is 51.1 Å². The van der Waals surface area contributed by atoms with Gasteiger partial charge in [-0.25, -0.2) is 0 Å². The molecule has 2 N–H and O–H groups in total. The van der Waals surface area contributed by atoms with Gasteiger partial charge in [0.25, 0.3) is 0 Å². The van der Waals surface area contributed by atoms with Gasteiger partial charge in [0.1, 0.15) is 5.75 Å². The Morgan fingerprint density at radius 3 is 2.95 bits per heavy atom. The number of nitrogens with one attached hydrogen (secondary N) is 2. The van der Waals surface area contributed by atoms with Crippen molar-refractivity contribution in [2.45, 2.75) is 24.9 Å². The molecular weight excluding hydrogens is 266 g/mol. The maximum Gasteiger partial charge on any atom is 0.237 e. The van der Waals surface area contributed by atoms with Gasteiger partial charge in [-0.3, -0.25) is 4.79 Å². The van der Waals surface area contributed by atoms with E-state index in [1.165, 1.54) is 0 Å². The molecule has 0 radical (unpaired) electrons. The first-order valence-corrected chi connectivity index (χ1v) is 7.43.